The van der Waals surface area contributed by atoms with E-state index in [2.05, 4.69) is 16.7 Å². The molecule has 0 amide bonds. The van der Waals surface area contributed by atoms with E-state index in [0.717, 1.165) is 18.2 Å². The molecule has 4 nitrogen and oxygen atoms in total. The van der Waals surface area contributed by atoms with Gasteiger partial charge in [-0.25, -0.2) is 9.67 Å². The Bertz CT molecular complexity index is 378. The molecule has 1 saturated carbocycles. The highest BCUT2D eigenvalue weighted by Gasteiger charge is 2.30. The van der Waals surface area contributed by atoms with Crippen LogP contribution in [0.2, 0.25) is 0 Å². The van der Waals surface area contributed by atoms with Gasteiger partial charge in [-0.05, 0) is 32.6 Å². The van der Waals surface area contributed by atoms with Gasteiger partial charge in [-0.15, -0.1) is 0 Å². The fourth-order valence-electron chi connectivity index (χ4n) is 2.74. The Hall–Kier alpha value is -0.900. The van der Waals surface area contributed by atoms with E-state index in [4.69, 9.17) is 10.7 Å². The monoisotopic (exact) mass is 220 g/mol. The molecule has 2 atom stereocenters. The van der Waals surface area contributed by atoms with E-state index in [1.54, 1.807) is 0 Å². The van der Waals surface area contributed by atoms with Gasteiger partial charge in [-0.3, -0.25) is 0 Å². The van der Waals surface area contributed by atoms with Crippen molar-refractivity contribution in [1.29, 1.82) is 0 Å². The summed E-state index contributed by atoms with van der Waals surface area (Å²) >= 11 is 0. The predicted octanol–water partition coefficient (Wildman–Crippen LogP) is 1.77. The van der Waals surface area contributed by atoms with Crippen LogP contribution in [0.5, 0.6) is 0 Å². The molecule has 2 N–H and O–H groups in total. The minimum atomic E-state index is 0.192. The van der Waals surface area contributed by atoms with Crippen LogP contribution in [-0.4, -0.2) is 20.8 Å². The zero-order valence-electron chi connectivity index (χ0n) is 9.89. The number of aromatic nitrogens is 3. The summed E-state index contributed by atoms with van der Waals surface area (Å²) in [5.74, 6) is 3.26. The minimum absolute atomic E-state index is 0.192. The SMILES string of the molecule is CC(N)C1CCCn2nc(C3CCC3)nc21. The summed E-state index contributed by atoms with van der Waals surface area (Å²) < 4.78 is 2.10. The summed E-state index contributed by atoms with van der Waals surface area (Å²) in [6.45, 7) is 3.11. The Morgan fingerprint density at radius 3 is 2.75 bits per heavy atom. The molecule has 4 heteroatoms. The molecule has 1 fully saturated rings. The Kier molecular flexibility index (Phi) is 2.46. The van der Waals surface area contributed by atoms with Gasteiger partial charge >= 0.3 is 0 Å². The molecule has 0 spiro atoms. The summed E-state index contributed by atoms with van der Waals surface area (Å²) in [6.07, 6.45) is 6.23. The average molecular weight is 220 g/mol. The third kappa shape index (κ3) is 1.56. The van der Waals surface area contributed by atoms with Gasteiger partial charge in [0.25, 0.3) is 0 Å². The number of nitrogens with zero attached hydrogens (tertiary/aromatic N) is 3. The Labute approximate surface area is 96.2 Å². The van der Waals surface area contributed by atoms with Gasteiger partial charge in [0.2, 0.25) is 0 Å². The molecule has 0 bridgehead atoms. The summed E-state index contributed by atoms with van der Waals surface area (Å²) in [5, 5.41) is 4.66. The van der Waals surface area contributed by atoms with Crippen molar-refractivity contribution in [2.45, 2.75) is 63.5 Å². The van der Waals surface area contributed by atoms with Crippen LogP contribution in [-0.2, 0) is 6.54 Å². The van der Waals surface area contributed by atoms with Gasteiger partial charge in [0, 0.05) is 24.4 Å². The van der Waals surface area contributed by atoms with Crippen molar-refractivity contribution in [3.05, 3.63) is 11.6 Å². The topological polar surface area (TPSA) is 56.7 Å². The Balaban J connectivity index is 1.91. The van der Waals surface area contributed by atoms with Crippen molar-refractivity contribution in [2.75, 3.05) is 0 Å². The van der Waals surface area contributed by atoms with Crippen LogP contribution in [0.4, 0.5) is 0 Å². The third-order valence-corrected chi connectivity index (χ3v) is 4.04. The minimum Gasteiger partial charge on any atom is -0.327 e. The van der Waals surface area contributed by atoms with E-state index in [-0.39, 0.29) is 6.04 Å². The van der Waals surface area contributed by atoms with E-state index in [1.165, 1.54) is 32.1 Å². The molecule has 1 aromatic rings. The number of hydrogen-bond donors (Lipinski definition) is 1. The molecular formula is C12H20N4. The van der Waals surface area contributed by atoms with Crippen LogP contribution in [0.15, 0.2) is 0 Å². The largest absolute Gasteiger partial charge is 0.327 e. The number of hydrogen-bond acceptors (Lipinski definition) is 3. The smallest absolute Gasteiger partial charge is 0.154 e. The van der Waals surface area contributed by atoms with Gasteiger partial charge in [0.15, 0.2) is 5.82 Å². The Morgan fingerprint density at radius 1 is 1.31 bits per heavy atom. The molecule has 1 aliphatic heterocycles. The second-order valence-corrected chi connectivity index (χ2v) is 5.29. The fraction of sp³-hybridized carbons (Fsp3) is 0.833. The summed E-state index contributed by atoms with van der Waals surface area (Å²) in [4.78, 5) is 4.75. The Morgan fingerprint density at radius 2 is 2.12 bits per heavy atom. The number of fused-ring (bicyclic) bond motifs is 1. The summed E-state index contributed by atoms with van der Waals surface area (Å²) in [7, 11) is 0. The molecule has 2 aliphatic rings. The average Bonchev–Trinajstić information content (AvgIpc) is 2.56. The van der Waals surface area contributed by atoms with Crippen LogP contribution < -0.4 is 5.73 Å². The molecule has 1 aromatic heterocycles. The van der Waals surface area contributed by atoms with Gasteiger partial charge in [0.05, 0.1) is 0 Å². The highest BCUT2D eigenvalue weighted by Crippen LogP contribution is 2.36. The van der Waals surface area contributed by atoms with Crippen LogP contribution in [0, 0.1) is 0 Å². The summed E-state index contributed by atoms with van der Waals surface area (Å²) in [5.41, 5.74) is 6.03. The highest BCUT2D eigenvalue weighted by atomic mass is 15.4. The third-order valence-electron chi connectivity index (χ3n) is 4.04. The molecule has 2 unspecified atom stereocenters. The van der Waals surface area contributed by atoms with Crippen LogP contribution in [0.3, 0.4) is 0 Å². The van der Waals surface area contributed by atoms with E-state index >= 15 is 0 Å². The number of nitrogens with two attached hydrogens (primary N) is 1. The standard InChI is InChI=1S/C12H20N4/c1-8(13)10-6-3-7-16-12(10)14-11(15-16)9-4-2-5-9/h8-10H,2-7,13H2,1H3. The number of aryl methyl sites for hydroxylation is 1. The molecule has 88 valence electrons. The second-order valence-electron chi connectivity index (χ2n) is 5.29. The quantitative estimate of drug-likeness (QED) is 0.826. The van der Waals surface area contributed by atoms with Crippen molar-refractivity contribution >= 4 is 0 Å². The van der Waals surface area contributed by atoms with Gasteiger partial charge < -0.3 is 5.73 Å². The molecule has 3 rings (SSSR count). The van der Waals surface area contributed by atoms with Crippen molar-refractivity contribution in [1.82, 2.24) is 14.8 Å². The van der Waals surface area contributed by atoms with E-state index < -0.39 is 0 Å². The zero-order chi connectivity index (χ0) is 11.1. The normalized spacial score (nSPS) is 27.2. The fourth-order valence-corrected chi connectivity index (χ4v) is 2.74. The van der Waals surface area contributed by atoms with Crippen LogP contribution in [0.1, 0.15) is 62.5 Å². The maximum Gasteiger partial charge on any atom is 0.154 e. The molecule has 1 aliphatic carbocycles. The predicted molar refractivity (Wildman–Crippen MR) is 62.2 cm³/mol. The van der Waals surface area contributed by atoms with Gasteiger partial charge in [0.1, 0.15) is 5.82 Å². The van der Waals surface area contributed by atoms with Crippen LogP contribution in [0.25, 0.3) is 0 Å². The first-order valence-electron chi connectivity index (χ1n) is 6.46. The first-order valence-corrected chi connectivity index (χ1v) is 6.46. The van der Waals surface area contributed by atoms with E-state index in [9.17, 15) is 0 Å². The van der Waals surface area contributed by atoms with Crippen molar-refractivity contribution in [2.24, 2.45) is 5.73 Å². The molecule has 0 aromatic carbocycles. The van der Waals surface area contributed by atoms with Crippen molar-refractivity contribution < 1.29 is 0 Å². The summed E-state index contributed by atoms with van der Waals surface area (Å²) in [6, 6.07) is 0.192. The molecule has 2 heterocycles. The first kappa shape index (κ1) is 10.3. The lowest BCUT2D eigenvalue weighted by atomic mass is 9.85. The molecule has 0 radical (unpaired) electrons. The lowest BCUT2D eigenvalue weighted by Gasteiger charge is -2.24. The van der Waals surface area contributed by atoms with Gasteiger partial charge in [-0.2, -0.15) is 5.10 Å². The van der Waals surface area contributed by atoms with E-state index in [1.807, 2.05) is 0 Å². The van der Waals surface area contributed by atoms with Gasteiger partial charge in [-0.1, -0.05) is 6.42 Å². The lowest BCUT2D eigenvalue weighted by Crippen LogP contribution is -2.30. The second kappa shape index (κ2) is 3.84. The lowest BCUT2D eigenvalue weighted by molar-refractivity contribution is 0.378. The van der Waals surface area contributed by atoms with Crippen LogP contribution >= 0.6 is 0 Å². The molecular weight excluding hydrogens is 200 g/mol. The van der Waals surface area contributed by atoms with Crippen molar-refractivity contribution in [3.8, 4) is 0 Å². The van der Waals surface area contributed by atoms with E-state index in [0.29, 0.717) is 11.8 Å². The maximum absolute atomic E-state index is 6.03. The molecule has 16 heavy (non-hydrogen) atoms. The number of rotatable bonds is 2. The molecule has 0 saturated heterocycles. The van der Waals surface area contributed by atoms with Crippen molar-refractivity contribution in [3.63, 3.8) is 0 Å². The first-order chi connectivity index (χ1) is 7.75. The maximum atomic E-state index is 6.03. The highest BCUT2D eigenvalue weighted by molar-refractivity contribution is 5.09. The zero-order valence-corrected chi connectivity index (χ0v) is 9.89.